The van der Waals surface area contributed by atoms with E-state index < -0.39 is 0 Å². The van der Waals surface area contributed by atoms with Gasteiger partial charge in [0.25, 0.3) is 0 Å². The molecule has 0 N–H and O–H groups in total. The van der Waals surface area contributed by atoms with Crippen molar-refractivity contribution in [3.63, 3.8) is 0 Å². The molecular formula is C57H38N4. The van der Waals surface area contributed by atoms with Crippen molar-refractivity contribution in [1.82, 2.24) is 19.5 Å². The van der Waals surface area contributed by atoms with Gasteiger partial charge in [-0.3, -0.25) is 0 Å². The standard InChI is InChI=1S/C57H38N4/c1-5-13-39(14-6-1)42-21-25-46(26-22-42)56-58-55(45-19-11-4-12-20-45)59-57(60-56)47-27-23-44(24-28-47)49-31-35-51-52-37-48(41-17-9-3-10-18-41)32-36-53(52)61(54(51)38-49)50-33-29-43(30-34-50)40-15-7-2-8-16-40/h1-38H. The van der Waals surface area contributed by atoms with E-state index in [1.165, 1.54) is 44.1 Å². The molecule has 0 saturated heterocycles. The first-order valence-electron chi connectivity index (χ1n) is 20.6. The van der Waals surface area contributed by atoms with Gasteiger partial charge in [-0.2, -0.15) is 0 Å². The lowest BCUT2D eigenvalue weighted by Gasteiger charge is -2.11. The molecule has 9 aromatic carbocycles. The molecule has 0 fully saturated rings. The minimum absolute atomic E-state index is 0.631. The number of rotatable bonds is 8. The third kappa shape index (κ3) is 6.96. The van der Waals surface area contributed by atoms with Gasteiger partial charge in [-0.25, -0.2) is 15.0 Å². The summed E-state index contributed by atoms with van der Waals surface area (Å²) in [5, 5.41) is 2.43. The third-order valence-corrected chi connectivity index (χ3v) is 11.5. The maximum Gasteiger partial charge on any atom is 0.164 e. The van der Waals surface area contributed by atoms with Gasteiger partial charge in [0.2, 0.25) is 0 Å². The van der Waals surface area contributed by atoms with Crippen LogP contribution in [0.25, 0.3) is 106 Å². The van der Waals surface area contributed by atoms with Crippen LogP contribution in [0.4, 0.5) is 0 Å². The van der Waals surface area contributed by atoms with Crippen molar-refractivity contribution in [3.8, 4) is 84.4 Å². The fraction of sp³-hybridized carbons (Fsp3) is 0. The number of hydrogen-bond acceptors (Lipinski definition) is 3. The van der Waals surface area contributed by atoms with Gasteiger partial charge < -0.3 is 4.57 Å². The number of aromatic nitrogens is 4. The largest absolute Gasteiger partial charge is 0.309 e. The minimum atomic E-state index is 0.631. The lowest BCUT2D eigenvalue weighted by atomic mass is 10.0. The van der Waals surface area contributed by atoms with Crippen LogP contribution in [0.2, 0.25) is 0 Å². The Bertz CT molecular complexity index is 3290. The van der Waals surface area contributed by atoms with E-state index in [0.717, 1.165) is 44.6 Å². The summed E-state index contributed by atoms with van der Waals surface area (Å²) in [7, 11) is 0. The zero-order chi connectivity index (χ0) is 40.5. The Morgan fingerprint density at radius 3 is 1.05 bits per heavy atom. The summed E-state index contributed by atoms with van der Waals surface area (Å²) in [5.41, 5.74) is 15.6. The van der Waals surface area contributed by atoms with Crippen molar-refractivity contribution < 1.29 is 0 Å². The highest BCUT2D eigenvalue weighted by Crippen LogP contribution is 2.38. The molecule has 0 aliphatic rings. The van der Waals surface area contributed by atoms with Crippen LogP contribution in [-0.4, -0.2) is 19.5 Å². The average Bonchev–Trinajstić information content (AvgIpc) is 3.68. The van der Waals surface area contributed by atoms with Crippen LogP contribution in [0, 0.1) is 0 Å². The molecule has 0 spiro atoms. The number of fused-ring (bicyclic) bond motifs is 3. The molecule has 0 radical (unpaired) electrons. The quantitative estimate of drug-likeness (QED) is 0.154. The maximum absolute atomic E-state index is 5.04. The molecule has 4 heteroatoms. The molecule has 0 amide bonds. The number of hydrogen-bond donors (Lipinski definition) is 0. The van der Waals surface area contributed by atoms with Crippen molar-refractivity contribution in [1.29, 1.82) is 0 Å². The van der Waals surface area contributed by atoms with E-state index >= 15 is 0 Å². The molecular weight excluding hydrogens is 741 g/mol. The molecule has 11 rings (SSSR count). The van der Waals surface area contributed by atoms with Crippen LogP contribution in [-0.2, 0) is 0 Å². The fourth-order valence-electron chi connectivity index (χ4n) is 8.33. The van der Waals surface area contributed by atoms with Crippen LogP contribution in [0.1, 0.15) is 0 Å². The van der Waals surface area contributed by atoms with Gasteiger partial charge in [0.05, 0.1) is 11.0 Å². The first-order valence-corrected chi connectivity index (χ1v) is 20.6. The van der Waals surface area contributed by atoms with Crippen molar-refractivity contribution in [2.45, 2.75) is 0 Å². The van der Waals surface area contributed by atoms with E-state index in [2.05, 4.69) is 199 Å². The van der Waals surface area contributed by atoms with Crippen LogP contribution < -0.4 is 0 Å². The van der Waals surface area contributed by atoms with Gasteiger partial charge in [0.1, 0.15) is 0 Å². The van der Waals surface area contributed by atoms with Crippen LogP contribution in [0.5, 0.6) is 0 Å². The van der Waals surface area contributed by atoms with E-state index in [1.807, 2.05) is 36.4 Å². The Hall–Kier alpha value is -8.21. The summed E-state index contributed by atoms with van der Waals surface area (Å²) >= 11 is 0. The van der Waals surface area contributed by atoms with Gasteiger partial charge in [0.15, 0.2) is 17.5 Å². The molecule has 0 saturated carbocycles. The minimum Gasteiger partial charge on any atom is -0.309 e. The Morgan fingerprint density at radius 2 is 0.557 bits per heavy atom. The van der Waals surface area contributed by atoms with Gasteiger partial charge in [-0.1, -0.05) is 200 Å². The van der Waals surface area contributed by atoms with E-state index in [4.69, 9.17) is 15.0 Å². The predicted molar refractivity (Wildman–Crippen MR) is 252 cm³/mol. The van der Waals surface area contributed by atoms with Crippen molar-refractivity contribution >= 4 is 21.8 Å². The molecule has 286 valence electrons. The maximum atomic E-state index is 5.04. The summed E-state index contributed by atoms with van der Waals surface area (Å²) in [4.78, 5) is 15.0. The highest BCUT2D eigenvalue weighted by Gasteiger charge is 2.17. The lowest BCUT2D eigenvalue weighted by molar-refractivity contribution is 1.07. The Kier molecular flexibility index (Phi) is 9.14. The summed E-state index contributed by atoms with van der Waals surface area (Å²) in [6.07, 6.45) is 0. The van der Waals surface area contributed by atoms with Crippen molar-refractivity contribution in [2.75, 3.05) is 0 Å². The Balaban J connectivity index is 0.987. The van der Waals surface area contributed by atoms with Gasteiger partial charge in [-0.15, -0.1) is 0 Å². The summed E-state index contributed by atoms with van der Waals surface area (Å²) in [6, 6.07) is 81.3. The lowest BCUT2D eigenvalue weighted by Crippen LogP contribution is -2.00. The molecule has 0 aliphatic heterocycles. The van der Waals surface area contributed by atoms with Gasteiger partial charge in [-0.05, 0) is 74.8 Å². The average molecular weight is 779 g/mol. The molecule has 11 aromatic rings. The summed E-state index contributed by atoms with van der Waals surface area (Å²) < 4.78 is 2.40. The van der Waals surface area contributed by atoms with Crippen LogP contribution in [0.15, 0.2) is 231 Å². The normalized spacial score (nSPS) is 11.3. The third-order valence-electron chi connectivity index (χ3n) is 11.5. The summed E-state index contributed by atoms with van der Waals surface area (Å²) in [5.74, 6) is 1.91. The smallest absolute Gasteiger partial charge is 0.164 e. The Morgan fingerprint density at radius 1 is 0.230 bits per heavy atom. The SMILES string of the molecule is c1ccc(-c2ccc(-c3nc(-c4ccccc4)nc(-c4ccc(-c5ccc6c7cc(-c8ccccc8)ccc7n(-c7ccc(-c8ccccc8)cc7)c6c5)cc4)n3)cc2)cc1. The second kappa shape index (κ2) is 15.5. The van der Waals surface area contributed by atoms with Gasteiger partial charge in [0, 0.05) is 33.2 Å². The molecule has 0 atom stereocenters. The first-order chi connectivity index (χ1) is 30.2. The second-order valence-corrected chi connectivity index (χ2v) is 15.3. The first kappa shape index (κ1) is 35.9. The molecule has 61 heavy (non-hydrogen) atoms. The van der Waals surface area contributed by atoms with E-state index in [9.17, 15) is 0 Å². The Labute approximate surface area is 354 Å². The van der Waals surface area contributed by atoms with Crippen LogP contribution >= 0.6 is 0 Å². The highest BCUT2D eigenvalue weighted by atomic mass is 15.0. The van der Waals surface area contributed by atoms with Crippen molar-refractivity contribution in [2.24, 2.45) is 0 Å². The highest BCUT2D eigenvalue weighted by molar-refractivity contribution is 6.11. The summed E-state index contributed by atoms with van der Waals surface area (Å²) in [6.45, 7) is 0. The number of benzene rings is 9. The molecule has 0 aliphatic carbocycles. The predicted octanol–water partition coefficient (Wildman–Crippen LogP) is 14.6. The van der Waals surface area contributed by atoms with Crippen molar-refractivity contribution in [3.05, 3.63) is 231 Å². The number of nitrogens with zero attached hydrogens (tertiary/aromatic N) is 4. The van der Waals surface area contributed by atoms with E-state index in [0.29, 0.717) is 17.5 Å². The second-order valence-electron chi connectivity index (χ2n) is 15.3. The molecule has 0 bridgehead atoms. The topological polar surface area (TPSA) is 43.6 Å². The fourth-order valence-corrected chi connectivity index (χ4v) is 8.33. The molecule has 4 nitrogen and oxygen atoms in total. The zero-order valence-corrected chi connectivity index (χ0v) is 33.2. The molecule has 2 heterocycles. The van der Waals surface area contributed by atoms with Gasteiger partial charge >= 0.3 is 0 Å². The molecule has 0 unspecified atom stereocenters. The monoisotopic (exact) mass is 778 g/mol. The van der Waals surface area contributed by atoms with Crippen LogP contribution in [0.3, 0.4) is 0 Å². The zero-order valence-electron chi connectivity index (χ0n) is 33.2. The van der Waals surface area contributed by atoms with E-state index in [1.54, 1.807) is 0 Å². The molecule has 2 aromatic heterocycles. The van der Waals surface area contributed by atoms with E-state index in [-0.39, 0.29) is 0 Å².